The summed E-state index contributed by atoms with van der Waals surface area (Å²) < 4.78 is 5.59. The van der Waals surface area contributed by atoms with Crippen LogP contribution < -0.4 is 10.1 Å². The van der Waals surface area contributed by atoms with Crippen LogP contribution in [0.3, 0.4) is 0 Å². The number of nitrogens with one attached hydrogen (secondary N) is 1. The number of benzene rings is 1. The Bertz CT molecular complexity index is 654. The number of ether oxygens (including phenoxy) is 1. The Balaban J connectivity index is 1.41. The first kappa shape index (κ1) is 17.3. The maximum absolute atomic E-state index is 12.3. The molecule has 0 aliphatic carbocycles. The maximum atomic E-state index is 12.3. The van der Waals surface area contributed by atoms with Crippen molar-refractivity contribution in [3.05, 3.63) is 30.3 Å². The van der Waals surface area contributed by atoms with Crippen LogP contribution in [0.4, 0.5) is 4.79 Å². The molecule has 25 heavy (non-hydrogen) atoms. The van der Waals surface area contributed by atoms with Crippen molar-refractivity contribution in [3.63, 3.8) is 0 Å². The van der Waals surface area contributed by atoms with Crippen molar-refractivity contribution in [2.75, 3.05) is 26.7 Å². The topological polar surface area (TPSA) is 79.0 Å². The number of hydrogen-bond donors (Lipinski definition) is 1. The van der Waals surface area contributed by atoms with Crippen molar-refractivity contribution < 1.29 is 19.1 Å². The Morgan fingerprint density at radius 1 is 1.20 bits per heavy atom. The summed E-state index contributed by atoms with van der Waals surface area (Å²) in [6.07, 6.45) is 2.00. The number of nitrogens with zero attached hydrogens (tertiary/aromatic N) is 2. The van der Waals surface area contributed by atoms with Crippen molar-refractivity contribution >= 4 is 17.8 Å². The van der Waals surface area contributed by atoms with Crippen molar-refractivity contribution in [2.45, 2.75) is 31.2 Å². The molecule has 7 nitrogen and oxygen atoms in total. The van der Waals surface area contributed by atoms with E-state index in [-0.39, 0.29) is 17.8 Å². The monoisotopic (exact) mass is 345 g/mol. The Labute approximate surface area is 146 Å². The summed E-state index contributed by atoms with van der Waals surface area (Å²) in [5.74, 6) is 0.673. The smallest absolute Gasteiger partial charge is 0.324 e. The van der Waals surface area contributed by atoms with Gasteiger partial charge in [0.15, 0.2) is 0 Å². The van der Waals surface area contributed by atoms with Crippen LogP contribution in [0.2, 0.25) is 0 Å². The highest BCUT2D eigenvalue weighted by molar-refractivity contribution is 6.06. The number of piperidine rings is 1. The van der Waals surface area contributed by atoms with Gasteiger partial charge < -0.3 is 15.0 Å². The largest absolute Gasteiger partial charge is 0.494 e. The second kappa shape index (κ2) is 7.13. The van der Waals surface area contributed by atoms with Gasteiger partial charge >= 0.3 is 6.03 Å². The van der Waals surface area contributed by atoms with Gasteiger partial charge in [-0.05, 0) is 31.4 Å². The zero-order chi connectivity index (χ0) is 17.9. The summed E-state index contributed by atoms with van der Waals surface area (Å²) >= 11 is 0. The summed E-state index contributed by atoms with van der Waals surface area (Å²) in [4.78, 5) is 39.1. The second-order valence-electron chi connectivity index (χ2n) is 6.52. The molecule has 0 saturated carbocycles. The van der Waals surface area contributed by atoms with Gasteiger partial charge in [-0.3, -0.25) is 14.5 Å². The van der Waals surface area contributed by atoms with Crippen LogP contribution in [-0.4, -0.2) is 59.9 Å². The first-order valence-electron chi connectivity index (χ1n) is 8.58. The van der Waals surface area contributed by atoms with Crippen LogP contribution in [0.1, 0.15) is 25.7 Å². The lowest BCUT2D eigenvalue weighted by Gasteiger charge is -2.37. The van der Waals surface area contributed by atoms with Crippen molar-refractivity contribution in [2.24, 2.45) is 0 Å². The number of carbonyl (C=O) groups is 3. The van der Waals surface area contributed by atoms with Gasteiger partial charge in [-0.15, -0.1) is 0 Å². The van der Waals surface area contributed by atoms with Gasteiger partial charge in [0, 0.05) is 26.6 Å². The zero-order valence-electron chi connectivity index (χ0n) is 14.4. The molecule has 0 radical (unpaired) electrons. The van der Waals surface area contributed by atoms with Crippen LogP contribution >= 0.6 is 0 Å². The molecule has 2 heterocycles. The van der Waals surface area contributed by atoms with Crippen LogP contribution in [0.25, 0.3) is 0 Å². The molecule has 2 aliphatic rings. The highest BCUT2D eigenvalue weighted by atomic mass is 16.5. The molecular weight excluding hydrogens is 322 g/mol. The third-order valence-electron chi connectivity index (χ3n) is 4.88. The van der Waals surface area contributed by atoms with Crippen LogP contribution in [0.5, 0.6) is 5.75 Å². The second-order valence-corrected chi connectivity index (χ2v) is 6.52. The minimum atomic E-state index is -0.820. The standard InChI is InChI=1S/C18H23N3O4/c1-20-16(23)18(19-17(20)24)9-11-21(12-10-18)15(22)8-5-13-25-14-6-3-2-4-7-14/h2-4,6-7H,5,8-13H2,1H3,(H,19,24). The first-order valence-corrected chi connectivity index (χ1v) is 8.58. The van der Waals surface area contributed by atoms with E-state index in [1.54, 1.807) is 4.90 Å². The number of hydrogen-bond acceptors (Lipinski definition) is 4. The third-order valence-corrected chi connectivity index (χ3v) is 4.88. The van der Waals surface area contributed by atoms with E-state index in [0.717, 1.165) is 10.6 Å². The fourth-order valence-electron chi connectivity index (χ4n) is 3.32. The van der Waals surface area contributed by atoms with E-state index < -0.39 is 5.54 Å². The molecule has 0 aromatic heterocycles. The average Bonchev–Trinajstić information content (AvgIpc) is 2.84. The van der Waals surface area contributed by atoms with Gasteiger partial charge in [-0.25, -0.2) is 4.79 Å². The number of likely N-dealkylation sites (tertiary alicyclic amines) is 1. The fraction of sp³-hybridized carbons (Fsp3) is 0.500. The molecule has 3 rings (SSSR count). The van der Waals surface area contributed by atoms with Gasteiger partial charge in [-0.2, -0.15) is 0 Å². The van der Waals surface area contributed by atoms with Crippen molar-refractivity contribution in [3.8, 4) is 5.75 Å². The minimum Gasteiger partial charge on any atom is -0.494 e. The molecule has 4 amide bonds. The highest BCUT2D eigenvalue weighted by Gasteiger charge is 2.51. The van der Waals surface area contributed by atoms with Crippen molar-refractivity contribution in [1.82, 2.24) is 15.1 Å². The van der Waals surface area contributed by atoms with E-state index in [1.165, 1.54) is 7.05 Å². The number of urea groups is 1. The predicted molar refractivity (Wildman–Crippen MR) is 91.0 cm³/mol. The lowest BCUT2D eigenvalue weighted by molar-refractivity contribution is -0.138. The molecule has 2 aliphatic heterocycles. The van der Waals surface area contributed by atoms with E-state index >= 15 is 0 Å². The molecule has 1 aromatic rings. The lowest BCUT2D eigenvalue weighted by atomic mass is 9.87. The molecule has 0 atom stereocenters. The SMILES string of the molecule is CN1C(=O)NC2(CCN(C(=O)CCCOc3ccccc3)CC2)C1=O. The molecule has 1 spiro atoms. The van der Waals surface area contributed by atoms with E-state index in [4.69, 9.17) is 4.74 Å². The Kier molecular flexibility index (Phi) is 4.92. The van der Waals surface area contributed by atoms with Gasteiger partial charge in [0.05, 0.1) is 6.61 Å². The predicted octanol–water partition coefficient (Wildman–Crippen LogP) is 1.39. The fourth-order valence-corrected chi connectivity index (χ4v) is 3.32. The zero-order valence-corrected chi connectivity index (χ0v) is 14.4. The molecule has 7 heteroatoms. The number of carbonyl (C=O) groups excluding carboxylic acids is 3. The average molecular weight is 345 g/mol. The third kappa shape index (κ3) is 3.60. The molecule has 0 unspecified atom stereocenters. The Morgan fingerprint density at radius 3 is 2.48 bits per heavy atom. The molecule has 1 aromatic carbocycles. The number of rotatable bonds is 5. The number of likely N-dealkylation sites (N-methyl/N-ethyl adjacent to an activating group) is 1. The summed E-state index contributed by atoms with van der Waals surface area (Å²) in [6.45, 7) is 1.46. The van der Waals surface area contributed by atoms with E-state index in [1.807, 2.05) is 30.3 Å². The van der Waals surface area contributed by atoms with E-state index in [9.17, 15) is 14.4 Å². The molecule has 0 bridgehead atoms. The molecule has 134 valence electrons. The summed E-state index contributed by atoms with van der Waals surface area (Å²) in [7, 11) is 1.48. The van der Waals surface area contributed by atoms with E-state index in [2.05, 4.69) is 5.32 Å². The molecule has 2 fully saturated rings. The molecular formula is C18H23N3O4. The summed E-state index contributed by atoms with van der Waals surface area (Å²) in [5.41, 5.74) is -0.820. The molecule has 2 saturated heterocycles. The number of amides is 4. The first-order chi connectivity index (χ1) is 12.0. The Morgan fingerprint density at radius 2 is 1.88 bits per heavy atom. The van der Waals surface area contributed by atoms with Crippen LogP contribution in [0.15, 0.2) is 30.3 Å². The van der Waals surface area contributed by atoms with Gasteiger partial charge in [0.25, 0.3) is 5.91 Å². The maximum Gasteiger partial charge on any atom is 0.324 e. The van der Waals surface area contributed by atoms with Gasteiger partial charge in [0.2, 0.25) is 5.91 Å². The highest BCUT2D eigenvalue weighted by Crippen LogP contribution is 2.29. The lowest BCUT2D eigenvalue weighted by Crippen LogP contribution is -2.55. The number of imide groups is 1. The minimum absolute atomic E-state index is 0.0663. The van der Waals surface area contributed by atoms with E-state index in [0.29, 0.717) is 45.4 Å². The quantitative estimate of drug-likeness (QED) is 0.646. The van der Waals surface area contributed by atoms with Crippen molar-refractivity contribution in [1.29, 1.82) is 0 Å². The van der Waals surface area contributed by atoms with Crippen LogP contribution in [0, 0.1) is 0 Å². The molecule has 1 N–H and O–H groups in total. The van der Waals surface area contributed by atoms with Gasteiger partial charge in [0.1, 0.15) is 11.3 Å². The number of para-hydroxylation sites is 1. The van der Waals surface area contributed by atoms with Gasteiger partial charge in [-0.1, -0.05) is 18.2 Å². The summed E-state index contributed by atoms with van der Waals surface area (Å²) in [5, 5.41) is 2.78. The normalized spacial score (nSPS) is 19.2. The Hall–Kier alpha value is -2.57. The summed E-state index contributed by atoms with van der Waals surface area (Å²) in [6, 6.07) is 9.15. The van der Waals surface area contributed by atoms with Crippen LogP contribution in [-0.2, 0) is 9.59 Å².